The molecule has 0 radical (unpaired) electrons. The van der Waals surface area contributed by atoms with Crippen molar-refractivity contribution < 1.29 is 0 Å². The van der Waals surface area contributed by atoms with Gasteiger partial charge < -0.3 is 0 Å². The molecule has 0 amide bonds. The molecule has 0 heterocycles. The average molecular weight is 453 g/mol. The number of hydrogen-bond acceptors (Lipinski definition) is 0. The molecule has 0 N–H and O–H groups in total. The van der Waals surface area contributed by atoms with Crippen LogP contribution in [0, 0.1) is 22.2 Å². The largest absolute Gasteiger partial charge is 0.0810 e. The van der Waals surface area contributed by atoms with Gasteiger partial charge in [-0.25, -0.2) is 0 Å². The van der Waals surface area contributed by atoms with Crippen molar-refractivity contribution in [3.8, 4) is 0 Å². The summed E-state index contributed by atoms with van der Waals surface area (Å²) in [6, 6.07) is 0. The van der Waals surface area contributed by atoms with E-state index in [0.717, 1.165) is 5.92 Å². The van der Waals surface area contributed by atoms with Crippen LogP contribution in [0.3, 0.4) is 0 Å². The van der Waals surface area contributed by atoms with Crippen LogP contribution in [-0.4, -0.2) is 0 Å². The van der Waals surface area contributed by atoms with Crippen molar-refractivity contribution in [1.82, 2.24) is 0 Å². The lowest BCUT2D eigenvalue weighted by Gasteiger charge is -2.60. The Morgan fingerprint density at radius 3 is 2.03 bits per heavy atom. The molecule has 0 nitrogen and oxygen atoms in total. The smallest absolute Gasteiger partial charge is 0.00493 e. The second-order valence-electron chi connectivity index (χ2n) is 12.6. The highest BCUT2D eigenvalue weighted by Gasteiger charge is 2.56. The molecule has 0 heteroatoms. The van der Waals surface area contributed by atoms with Crippen molar-refractivity contribution in [2.75, 3.05) is 0 Å². The lowest BCUT2D eigenvalue weighted by atomic mass is 9.45. The van der Waals surface area contributed by atoms with Gasteiger partial charge in [0.15, 0.2) is 0 Å². The number of rotatable bonds is 9. The molecule has 1 unspecified atom stereocenters. The minimum absolute atomic E-state index is 0.454. The Hall–Kier alpha value is -0.520. The first-order chi connectivity index (χ1) is 16.1. The lowest BCUT2D eigenvalue weighted by molar-refractivity contribution is 0.0454. The van der Waals surface area contributed by atoms with Crippen LogP contribution in [0.15, 0.2) is 22.8 Å². The summed E-state index contributed by atoms with van der Waals surface area (Å²) >= 11 is 0. The zero-order valence-electron chi connectivity index (χ0n) is 23.0. The first-order valence-corrected chi connectivity index (χ1v) is 15.6. The Labute approximate surface area is 207 Å². The van der Waals surface area contributed by atoms with Gasteiger partial charge >= 0.3 is 0 Å². The van der Waals surface area contributed by atoms with Crippen molar-refractivity contribution in [1.29, 1.82) is 0 Å². The molecular formula is C33H56. The Bertz CT molecular complexity index is 690. The van der Waals surface area contributed by atoms with E-state index in [1.54, 1.807) is 0 Å². The Kier molecular flexibility index (Phi) is 8.55. The van der Waals surface area contributed by atoms with Crippen molar-refractivity contribution in [3.05, 3.63) is 22.8 Å². The minimum Gasteiger partial charge on any atom is -0.0810 e. The van der Waals surface area contributed by atoms with Gasteiger partial charge in [0.25, 0.3) is 0 Å². The molecule has 0 aromatic rings. The third-order valence-corrected chi connectivity index (χ3v) is 11.4. The minimum atomic E-state index is 0.454. The molecular weight excluding hydrogens is 396 g/mol. The fraction of sp³-hybridized carbons (Fsp3) is 0.879. The van der Waals surface area contributed by atoms with Crippen molar-refractivity contribution in [2.24, 2.45) is 22.2 Å². The Morgan fingerprint density at radius 1 is 0.758 bits per heavy atom. The molecule has 0 spiro atoms. The van der Waals surface area contributed by atoms with Crippen LogP contribution in [-0.2, 0) is 0 Å². The van der Waals surface area contributed by atoms with Crippen LogP contribution in [0.25, 0.3) is 0 Å². The van der Waals surface area contributed by atoms with Gasteiger partial charge in [0.05, 0.1) is 0 Å². The zero-order chi connectivity index (χ0) is 23.4. The molecule has 0 aromatic heterocycles. The summed E-state index contributed by atoms with van der Waals surface area (Å²) in [7, 11) is 0. The second kappa shape index (κ2) is 11.0. The molecule has 1 atom stereocenters. The fourth-order valence-electron chi connectivity index (χ4n) is 9.45. The van der Waals surface area contributed by atoms with Crippen LogP contribution in [0.1, 0.15) is 163 Å². The number of unbranched alkanes of at least 4 members (excludes halogenated alkanes) is 1. The summed E-state index contributed by atoms with van der Waals surface area (Å²) < 4.78 is 0. The summed E-state index contributed by atoms with van der Waals surface area (Å²) in [4.78, 5) is 0. The standard InChI is InChI=1S/C33H56/c1-5-9-22-32(23-16-11-17-24-32)30-29(27-18-14-15-19-27)31(6-2,7-3)25-26-33(30,8-4)28-20-12-10-13-21-28/h18,28H,5-17,19-26H2,1-4H3. The van der Waals surface area contributed by atoms with Gasteiger partial charge in [-0.15, -0.1) is 0 Å². The summed E-state index contributed by atoms with van der Waals surface area (Å²) in [5.41, 5.74) is 7.40. The van der Waals surface area contributed by atoms with Crippen LogP contribution >= 0.6 is 0 Å². The predicted molar refractivity (Wildman–Crippen MR) is 146 cm³/mol. The maximum Gasteiger partial charge on any atom is -0.00493 e. The van der Waals surface area contributed by atoms with Gasteiger partial charge in [-0.2, -0.15) is 0 Å². The van der Waals surface area contributed by atoms with E-state index in [1.165, 1.54) is 135 Å². The first-order valence-electron chi connectivity index (χ1n) is 15.6. The van der Waals surface area contributed by atoms with Crippen molar-refractivity contribution in [2.45, 2.75) is 163 Å². The highest BCUT2D eigenvalue weighted by atomic mass is 14.6. The quantitative estimate of drug-likeness (QED) is 0.326. The van der Waals surface area contributed by atoms with Crippen LogP contribution in [0.4, 0.5) is 0 Å². The summed E-state index contributed by atoms with van der Waals surface area (Å²) in [5, 5.41) is 0. The average Bonchev–Trinajstić information content (AvgIpc) is 3.42. The predicted octanol–water partition coefficient (Wildman–Crippen LogP) is 11.1. The molecule has 188 valence electrons. The Balaban J connectivity index is 2.00. The van der Waals surface area contributed by atoms with E-state index in [4.69, 9.17) is 0 Å². The molecule has 4 aliphatic carbocycles. The first kappa shape index (κ1) is 25.6. The molecule has 33 heavy (non-hydrogen) atoms. The molecule has 0 saturated heterocycles. The van der Waals surface area contributed by atoms with E-state index in [1.807, 2.05) is 11.1 Å². The highest BCUT2D eigenvalue weighted by Crippen LogP contribution is 2.68. The van der Waals surface area contributed by atoms with Crippen LogP contribution in [0.2, 0.25) is 0 Å². The molecule has 0 bridgehead atoms. The van der Waals surface area contributed by atoms with Gasteiger partial charge in [0.1, 0.15) is 0 Å². The van der Waals surface area contributed by atoms with E-state index < -0.39 is 0 Å². The topological polar surface area (TPSA) is 0 Å². The van der Waals surface area contributed by atoms with E-state index in [9.17, 15) is 0 Å². The zero-order valence-corrected chi connectivity index (χ0v) is 23.0. The summed E-state index contributed by atoms with van der Waals surface area (Å²) in [6.07, 6.45) is 33.1. The van der Waals surface area contributed by atoms with Crippen molar-refractivity contribution in [3.63, 3.8) is 0 Å². The van der Waals surface area contributed by atoms with E-state index >= 15 is 0 Å². The molecule has 4 rings (SSSR count). The highest BCUT2D eigenvalue weighted by molar-refractivity contribution is 5.49. The lowest BCUT2D eigenvalue weighted by Crippen LogP contribution is -2.48. The van der Waals surface area contributed by atoms with E-state index in [-0.39, 0.29) is 0 Å². The van der Waals surface area contributed by atoms with Gasteiger partial charge in [-0.3, -0.25) is 0 Å². The monoisotopic (exact) mass is 452 g/mol. The van der Waals surface area contributed by atoms with Gasteiger partial charge in [-0.1, -0.05) is 90.7 Å². The molecule has 0 aliphatic heterocycles. The SMILES string of the molecule is CCCCC1(C2=C(C3=CCCC3)C(CC)(CC)CCC2(CC)C2CCCCC2)CCCCC1. The van der Waals surface area contributed by atoms with Gasteiger partial charge in [0, 0.05) is 0 Å². The third kappa shape index (κ3) is 4.56. The summed E-state index contributed by atoms with van der Waals surface area (Å²) in [5.74, 6) is 0.954. The van der Waals surface area contributed by atoms with Gasteiger partial charge in [0.2, 0.25) is 0 Å². The Morgan fingerprint density at radius 2 is 1.45 bits per heavy atom. The normalized spacial score (nSPS) is 30.5. The maximum absolute atomic E-state index is 2.72. The molecule has 2 fully saturated rings. The molecule has 2 saturated carbocycles. The fourth-order valence-corrected chi connectivity index (χ4v) is 9.45. The van der Waals surface area contributed by atoms with Crippen LogP contribution < -0.4 is 0 Å². The van der Waals surface area contributed by atoms with Gasteiger partial charge in [-0.05, 0) is 117 Å². The van der Waals surface area contributed by atoms with Crippen molar-refractivity contribution >= 4 is 0 Å². The summed E-state index contributed by atoms with van der Waals surface area (Å²) in [6.45, 7) is 10.1. The molecule has 0 aromatic carbocycles. The number of hydrogen-bond donors (Lipinski definition) is 0. The maximum atomic E-state index is 2.72. The van der Waals surface area contributed by atoms with E-state index in [0.29, 0.717) is 16.2 Å². The third-order valence-electron chi connectivity index (χ3n) is 11.4. The number of allylic oxidation sites excluding steroid dienone is 4. The second-order valence-corrected chi connectivity index (χ2v) is 12.6. The molecule has 4 aliphatic rings. The van der Waals surface area contributed by atoms with E-state index in [2.05, 4.69) is 39.3 Å². The van der Waals surface area contributed by atoms with Crippen LogP contribution in [0.5, 0.6) is 0 Å².